The van der Waals surface area contributed by atoms with Crippen LogP contribution in [0.5, 0.6) is 0 Å². The van der Waals surface area contributed by atoms with E-state index in [0.717, 1.165) is 6.07 Å². The lowest BCUT2D eigenvalue weighted by molar-refractivity contribution is -0.138. The fraction of sp³-hybridized carbons (Fsp3) is 0.286. The maximum absolute atomic E-state index is 12.8. The molecule has 1 atom stereocenters. The second-order valence-corrected chi connectivity index (χ2v) is 4.56. The number of hydrogen-bond acceptors (Lipinski definition) is 2. The van der Waals surface area contributed by atoms with Crippen molar-refractivity contribution in [3.63, 3.8) is 0 Å². The van der Waals surface area contributed by atoms with E-state index in [1.165, 1.54) is 30.7 Å². The Labute approximate surface area is 119 Å². The molecule has 0 fully saturated rings. The zero-order valence-electron chi connectivity index (χ0n) is 11.3. The minimum absolute atomic E-state index is 0.0381. The van der Waals surface area contributed by atoms with Crippen molar-refractivity contribution in [2.75, 3.05) is 0 Å². The molecular weight excluding hydrogens is 283 g/mol. The number of imidazole rings is 1. The van der Waals surface area contributed by atoms with E-state index in [0.29, 0.717) is 0 Å². The van der Waals surface area contributed by atoms with Crippen molar-refractivity contribution in [2.45, 2.75) is 25.7 Å². The molecule has 4 nitrogen and oxygen atoms in total. The molecule has 0 aliphatic rings. The van der Waals surface area contributed by atoms with E-state index in [2.05, 4.69) is 10.3 Å². The first-order valence-electron chi connectivity index (χ1n) is 6.30. The summed E-state index contributed by atoms with van der Waals surface area (Å²) in [5.74, 6) is -0.370. The minimum atomic E-state index is -4.43. The third-order valence-corrected chi connectivity index (χ3v) is 3.13. The van der Waals surface area contributed by atoms with Crippen LogP contribution in [0.3, 0.4) is 0 Å². The first-order chi connectivity index (χ1) is 9.89. The summed E-state index contributed by atoms with van der Waals surface area (Å²) in [4.78, 5) is 15.8. The third-order valence-electron chi connectivity index (χ3n) is 3.13. The van der Waals surface area contributed by atoms with Crippen LogP contribution in [-0.2, 0) is 17.5 Å². The highest BCUT2D eigenvalue weighted by molar-refractivity contribution is 5.79. The SMILES string of the molecule is C[C@H](C(=O)NCc1ccccc1C(F)(F)F)n1ccnc1. The Morgan fingerprint density at radius 3 is 2.71 bits per heavy atom. The molecule has 0 saturated carbocycles. The van der Waals surface area contributed by atoms with Gasteiger partial charge >= 0.3 is 6.18 Å². The highest BCUT2D eigenvalue weighted by Gasteiger charge is 2.32. The lowest BCUT2D eigenvalue weighted by atomic mass is 10.1. The topological polar surface area (TPSA) is 46.9 Å². The normalized spacial score (nSPS) is 13.0. The number of rotatable bonds is 4. The Kier molecular flexibility index (Phi) is 4.30. The van der Waals surface area contributed by atoms with Crippen LogP contribution < -0.4 is 5.32 Å². The van der Waals surface area contributed by atoms with Gasteiger partial charge in [0.25, 0.3) is 0 Å². The molecule has 0 aliphatic carbocycles. The van der Waals surface area contributed by atoms with Crippen molar-refractivity contribution in [2.24, 2.45) is 0 Å². The van der Waals surface area contributed by atoms with Gasteiger partial charge in [0.1, 0.15) is 6.04 Å². The molecule has 112 valence electrons. The zero-order valence-corrected chi connectivity index (χ0v) is 11.3. The predicted octanol–water partition coefficient (Wildman–Crippen LogP) is 2.78. The van der Waals surface area contributed by atoms with Crippen LogP contribution in [0.25, 0.3) is 0 Å². The second kappa shape index (κ2) is 5.99. The summed E-state index contributed by atoms with van der Waals surface area (Å²) in [5, 5.41) is 2.51. The molecule has 0 unspecified atom stereocenters. The quantitative estimate of drug-likeness (QED) is 0.943. The number of nitrogens with one attached hydrogen (secondary N) is 1. The lowest BCUT2D eigenvalue weighted by Crippen LogP contribution is -2.30. The van der Waals surface area contributed by atoms with Crippen LogP contribution in [-0.4, -0.2) is 15.5 Å². The number of carbonyl (C=O) groups excluding carboxylic acids is 1. The number of aromatic nitrogens is 2. The number of alkyl halides is 3. The van der Waals surface area contributed by atoms with Crippen molar-refractivity contribution in [3.05, 3.63) is 54.1 Å². The largest absolute Gasteiger partial charge is 0.416 e. The fourth-order valence-corrected chi connectivity index (χ4v) is 1.91. The molecule has 0 radical (unpaired) electrons. The molecule has 0 saturated heterocycles. The van der Waals surface area contributed by atoms with Crippen LogP contribution in [0.15, 0.2) is 43.0 Å². The Hall–Kier alpha value is -2.31. The molecule has 2 aromatic rings. The average molecular weight is 297 g/mol. The van der Waals surface area contributed by atoms with Crippen LogP contribution in [0.4, 0.5) is 13.2 Å². The predicted molar refractivity (Wildman–Crippen MR) is 70.2 cm³/mol. The van der Waals surface area contributed by atoms with Gasteiger partial charge in [-0.25, -0.2) is 4.98 Å². The van der Waals surface area contributed by atoms with Crippen LogP contribution in [0.2, 0.25) is 0 Å². The van der Waals surface area contributed by atoms with Gasteiger partial charge in [-0.05, 0) is 18.6 Å². The molecule has 1 aromatic heterocycles. The maximum Gasteiger partial charge on any atom is 0.416 e. The highest BCUT2D eigenvalue weighted by atomic mass is 19.4. The minimum Gasteiger partial charge on any atom is -0.350 e. The van der Waals surface area contributed by atoms with E-state index >= 15 is 0 Å². The molecule has 1 aromatic carbocycles. The van der Waals surface area contributed by atoms with E-state index in [-0.39, 0.29) is 18.0 Å². The van der Waals surface area contributed by atoms with Gasteiger partial charge in [-0.15, -0.1) is 0 Å². The molecule has 2 rings (SSSR count). The van der Waals surface area contributed by atoms with Gasteiger partial charge in [0.15, 0.2) is 0 Å². The molecule has 0 aliphatic heterocycles. The number of hydrogen-bond donors (Lipinski definition) is 1. The number of benzene rings is 1. The molecule has 21 heavy (non-hydrogen) atoms. The van der Waals surface area contributed by atoms with Gasteiger partial charge in [0.2, 0.25) is 5.91 Å². The van der Waals surface area contributed by atoms with Gasteiger partial charge in [0.05, 0.1) is 11.9 Å². The Morgan fingerprint density at radius 2 is 2.10 bits per heavy atom. The maximum atomic E-state index is 12.8. The summed E-state index contributed by atoms with van der Waals surface area (Å²) in [6.45, 7) is 1.47. The highest BCUT2D eigenvalue weighted by Crippen LogP contribution is 2.31. The van der Waals surface area contributed by atoms with Crippen molar-refractivity contribution >= 4 is 5.91 Å². The summed E-state index contributed by atoms with van der Waals surface area (Å²) >= 11 is 0. The zero-order chi connectivity index (χ0) is 15.5. The molecule has 1 N–H and O–H groups in total. The van der Waals surface area contributed by atoms with Crippen LogP contribution >= 0.6 is 0 Å². The lowest BCUT2D eigenvalue weighted by Gasteiger charge is -2.16. The summed E-state index contributed by atoms with van der Waals surface area (Å²) in [6, 6.07) is 4.65. The molecule has 7 heteroatoms. The van der Waals surface area contributed by atoms with Gasteiger partial charge in [-0.1, -0.05) is 18.2 Å². The van der Waals surface area contributed by atoms with E-state index in [1.807, 2.05) is 0 Å². The summed E-state index contributed by atoms with van der Waals surface area (Å²) in [7, 11) is 0. The number of halogens is 3. The Morgan fingerprint density at radius 1 is 1.38 bits per heavy atom. The van der Waals surface area contributed by atoms with Gasteiger partial charge in [-0.3, -0.25) is 4.79 Å². The van der Waals surface area contributed by atoms with E-state index in [1.54, 1.807) is 17.7 Å². The van der Waals surface area contributed by atoms with E-state index < -0.39 is 17.8 Å². The first-order valence-corrected chi connectivity index (χ1v) is 6.30. The fourth-order valence-electron chi connectivity index (χ4n) is 1.91. The molecule has 1 amide bonds. The monoisotopic (exact) mass is 297 g/mol. The van der Waals surface area contributed by atoms with Gasteiger partial charge < -0.3 is 9.88 Å². The smallest absolute Gasteiger partial charge is 0.350 e. The van der Waals surface area contributed by atoms with Crippen molar-refractivity contribution in [1.82, 2.24) is 14.9 Å². The average Bonchev–Trinajstić information content (AvgIpc) is 2.97. The number of carbonyl (C=O) groups is 1. The second-order valence-electron chi connectivity index (χ2n) is 4.56. The number of amides is 1. The summed E-state index contributed by atoms with van der Waals surface area (Å²) in [5.41, 5.74) is -0.697. The molecule has 1 heterocycles. The summed E-state index contributed by atoms with van der Waals surface area (Å²) < 4.78 is 40.1. The Balaban J connectivity index is 2.05. The van der Waals surface area contributed by atoms with Crippen molar-refractivity contribution in [1.29, 1.82) is 0 Å². The first kappa shape index (κ1) is 15.1. The van der Waals surface area contributed by atoms with Crippen molar-refractivity contribution in [3.8, 4) is 0 Å². The van der Waals surface area contributed by atoms with Crippen molar-refractivity contribution < 1.29 is 18.0 Å². The van der Waals surface area contributed by atoms with E-state index in [9.17, 15) is 18.0 Å². The third kappa shape index (κ3) is 3.62. The van der Waals surface area contributed by atoms with Crippen LogP contribution in [0.1, 0.15) is 24.1 Å². The van der Waals surface area contributed by atoms with Gasteiger partial charge in [0, 0.05) is 18.9 Å². The molecular formula is C14H14F3N3O. The molecule has 0 bridgehead atoms. The van der Waals surface area contributed by atoms with Gasteiger partial charge in [-0.2, -0.15) is 13.2 Å². The summed E-state index contributed by atoms with van der Waals surface area (Å²) in [6.07, 6.45) is 0.196. The van der Waals surface area contributed by atoms with E-state index in [4.69, 9.17) is 0 Å². The Bertz CT molecular complexity index is 608. The standard InChI is InChI=1S/C14H14F3N3O/c1-10(20-7-6-18-9-20)13(21)19-8-11-4-2-3-5-12(11)14(15,16)17/h2-7,9-10H,8H2,1H3,(H,19,21)/t10-/m1/s1. The van der Waals surface area contributed by atoms with Crippen LogP contribution in [0, 0.1) is 0 Å². The number of nitrogens with zero attached hydrogens (tertiary/aromatic N) is 2. The molecule has 0 spiro atoms.